The predicted molar refractivity (Wildman–Crippen MR) is 107 cm³/mol. The highest BCUT2D eigenvalue weighted by molar-refractivity contribution is 5.91. The fourth-order valence-corrected chi connectivity index (χ4v) is 3.38. The number of carbonyl (C=O) groups is 1. The number of urea groups is 1. The zero-order valence-electron chi connectivity index (χ0n) is 15.8. The first kappa shape index (κ1) is 18.0. The smallest absolute Gasteiger partial charge is 0.322 e. The second-order valence-corrected chi connectivity index (χ2v) is 6.70. The molecule has 2 heterocycles. The van der Waals surface area contributed by atoms with Gasteiger partial charge in [-0.2, -0.15) is 0 Å². The SMILES string of the molecule is CCOc1ccccc1NC(=O)N1CCC(n2cc(-c3ccccc3)nn2)C1. The van der Waals surface area contributed by atoms with Crippen molar-refractivity contribution >= 4 is 11.7 Å². The Morgan fingerprint density at radius 2 is 1.96 bits per heavy atom. The van der Waals surface area contributed by atoms with E-state index in [9.17, 15) is 4.79 Å². The molecule has 1 unspecified atom stereocenters. The summed E-state index contributed by atoms with van der Waals surface area (Å²) in [6, 6.07) is 17.4. The molecule has 144 valence electrons. The van der Waals surface area contributed by atoms with E-state index >= 15 is 0 Å². The summed E-state index contributed by atoms with van der Waals surface area (Å²) in [6.45, 7) is 3.74. The average molecular weight is 377 g/mol. The number of aromatic nitrogens is 3. The number of hydrogen-bond donors (Lipinski definition) is 1. The van der Waals surface area contributed by atoms with Gasteiger partial charge in [0.05, 0.1) is 24.5 Å². The Labute approximate surface area is 163 Å². The monoisotopic (exact) mass is 377 g/mol. The van der Waals surface area contributed by atoms with Crippen LogP contribution in [0.25, 0.3) is 11.3 Å². The van der Waals surface area contributed by atoms with E-state index < -0.39 is 0 Å². The summed E-state index contributed by atoms with van der Waals surface area (Å²) in [6.07, 6.45) is 2.80. The van der Waals surface area contributed by atoms with Crippen LogP contribution in [0.3, 0.4) is 0 Å². The van der Waals surface area contributed by atoms with Crippen LogP contribution in [0, 0.1) is 0 Å². The van der Waals surface area contributed by atoms with Crippen molar-refractivity contribution in [2.45, 2.75) is 19.4 Å². The highest BCUT2D eigenvalue weighted by atomic mass is 16.5. The summed E-state index contributed by atoms with van der Waals surface area (Å²) in [4.78, 5) is 14.5. The Morgan fingerprint density at radius 1 is 1.18 bits per heavy atom. The molecule has 0 spiro atoms. The third kappa shape index (κ3) is 3.83. The molecule has 7 nitrogen and oxygen atoms in total. The molecule has 0 radical (unpaired) electrons. The Balaban J connectivity index is 1.40. The first-order chi connectivity index (χ1) is 13.7. The van der Waals surface area contributed by atoms with Gasteiger partial charge in [0, 0.05) is 18.7 Å². The highest BCUT2D eigenvalue weighted by Crippen LogP contribution is 2.27. The van der Waals surface area contributed by atoms with Gasteiger partial charge in [-0.25, -0.2) is 9.48 Å². The number of nitrogens with one attached hydrogen (secondary N) is 1. The van der Waals surface area contributed by atoms with E-state index in [1.165, 1.54) is 0 Å². The van der Waals surface area contributed by atoms with Gasteiger partial charge in [-0.3, -0.25) is 0 Å². The van der Waals surface area contributed by atoms with Crippen LogP contribution in [0.2, 0.25) is 0 Å². The first-order valence-corrected chi connectivity index (χ1v) is 9.49. The van der Waals surface area contributed by atoms with Crippen molar-refractivity contribution in [2.24, 2.45) is 0 Å². The third-order valence-corrected chi connectivity index (χ3v) is 4.83. The van der Waals surface area contributed by atoms with Gasteiger partial charge in [0.2, 0.25) is 0 Å². The Kier molecular flexibility index (Phi) is 5.23. The maximum atomic E-state index is 12.7. The van der Waals surface area contributed by atoms with Gasteiger partial charge in [0.1, 0.15) is 11.4 Å². The lowest BCUT2D eigenvalue weighted by Crippen LogP contribution is -2.33. The molecule has 1 N–H and O–H groups in total. The molecule has 1 aliphatic heterocycles. The minimum atomic E-state index is -0.127. The van der Waals surface area contributed by atoms with E-state index in [0.717, 1.165) is 17.7 Å². The van der Waals surface area contributed by atoms with Gasteiger partial charge < -0.3 is 15.0 Å². The van der Waals surface area contributed by atoms with Crippen molar-refractivity contribution in [3.63, 3.8) is 0 Å². The number of anilines is 1. The number of amides is 2. The number of likely N-dealkylation sites (tertiary alicyclic amines) is 1. The van der Waals surface area contributed by atoms with Crippen molar-refractivity contribution in [3.05, 3.63) is 60.8 Å². The number of nitrogens with zero attached hydrogens (tertiary/aromatic N) is 4. The minimum absolute atomic E-state index is 0.123. The molecule has 0 bridgehead atoms. The number of ether oxygens (including phenoxy) is 1. The van der Waals surface area contributed by atoms with Crippen molar-refractivity contribution in [2.75, 3.05) is 25.0 Å². The zero-order valence-corrected chi connectivity index (χ0v) is 15.8. The lowest BCUT2D eigenvalue weighted by Gasteiger charge is -2.18. The van der Waals surface area contributed by atoms with E-state index in [2.05, 4.69) is 15.6 Å². The summed E-state index contributed by atoms with van der Waals surface area (Å²) >= 11 is 0. The number of carbonyl (C=O) groups excluding carboxylic acids is 1. The molecule has 3 aromatic rings. The predicted octanol–water partition coefficient (Wildman–Crippen LogP) is 3.82. The van der Waals surface area contributed by atoms with Crippen LogP contribution in [0.5, 0.6) is 5.75 Å². The van der Waals surface area contributed by atoms with Gasteiger partial charge in [-0.1, -0.05) is 47.7 Å². The lowest BCUT2D eigenvalue weighted by molar-refractivity contribution is 0.220. The number of hydrogen-bond acceptors (Lipinski definition) is 4. The largest absolute Gasteiger partial charge is 0.492 e. The van der Waals surface area contributed by atoms with E-state index in [-0.39, 0.29) is 12.1 Å². The van der Waals surface area contributed by atoms with Crippen molar-refractivity contribution in [1.29, 1.82) is 0 Å². The van der Waals surface area contributed by atoms with Gasteiger partial charge in [0.15, 0.2) is 0 Å². The van der Waals surface area contributed by atoms with Crippen LogP contribution in [0.1, 0.15) is 19.4 Å². The summed E-state index contributed by atoms with van der Waals surface area (Å²) in [5.74, 6) is 0.679. The molecular weight excluding hydrogens is 354 g/mol. The van der Waals surface area contributed by atoms with Crippen molar-refractivity contribution in [1.82, 2.24) is 19.9 Å². The van der Waals surface area contributed by atoms with Crippen LogP contribution in [-0.4, -0.2) is 45.6 Å². The summed E-state index contributed by atoms with van der Waals surface area (Å²) in [5, 5.41) is 11.5. The minimum Gasteiger partial charge on any atom is -0.492 e. The molecule has 7 heteroatoms. The fraction of sp³-hybridized carbons (Fsp3) is 0.286. The molecule has 0 saturated carbocycles. The fourth-order valence-electron chi connectivity index (χ4n) is 3.38. The first-order valence-electron chi connectivity index (χ1n) is 9.49. The molecule has 0 aliphatic carbocycles. The number of para-hydroxylation sites is 2. The quantitative estimate of drug-likeness (QED) is 0.734. The summed E-state index contributed by atoms with van der Waals surface area (Å²) < 4.78 is 7.44. The van der Waals surface area contributed by atoms with E-state index in [1.807, 2.05) is 72.4 Å². The maximum Gasteiger partial charge on any atom is 0.322 e. The Hall–Kier alpha value is -3.35. The van der Waals surface area contributed by atoms with E-state index in [1.54, 1.807) is 4.90 Å². The molecule has 1 saturated heterocycles. The molecule has 2 aromatic carbocycles. The van der Waals surface area contributed by atoms with Gasteiger partial charge in [0.25, 0.3) is 0 Å². The van der Waals surface area contributed by atoms with Gasteiger partial charge >= 0.3 is 6.03 Å². The topological polar surface area (TPSA) is 72.3 Å². The lowest BCUT2D eigenvalue weighted by atomic mass is 10.2. The molecule has 1 aliphatic rings. The molecule has 1 atom stereocenters. The maximum absolute atomic E-state index is 12.7. The van der Waals surface area contributed by atoms with Crippen LogP contribution >= 0.6 is 0 Å². The average Bonchev–Trinajstić information content (AvgIpc) is 3.40. The molecule has 4 rings (SSSR count). The van der Waals surface area contributed by atoms with E-state index in [4.69, 9.17) is 4.74 Å². The summed E-state index contributed by atoms with van der Waals surface area (Å²) in [5.41, 5.74) is 2.56. The number of rotatable bonds is 5. The number of benzene rings is 2. The van der Waals surface area contributed by atoms with Crippen LogP contribution < -0.4 is 10.1 Å². The molecule has 2 amide bonds. The van der Waals surface area contributed by atoms with Crippen molar-refractivity contribution < 1.29 is 9.53 Å². The zero-order chi connectivity index (χ0) is 19.3. The van der Waals surface area contributed by atoms with Crippen molar-refractivity contribution in [3.8, 4) is 17.0 Å². The van der Waals surface area contributed by atoms with Gasteiger partial charge in [-0.05, 0) is 25.5 Å². The van der Waals surface area contributed by atoms with Crippen LogP contribution in [-0.2, 0) is 0 Å². The Morgan fingerprint density at radius 3 is 2.79 bits per heavy atom. The highest BCUT2D eigenvalue weighted by Gasteiger charge is 2.28. The molecule has 1 fully saturated rings. The Bertz CT molecular complexity index is 941. The second-order valence-electron chi connectivity index (χ2n) is 6.70. The molecule has 1 aromatic heterocycles. The summed E-state index contributed by atoms with van der Waals surface area (Å²) in [7, 11) is 0. The standard InChI is InChI=1S/C21H23N5O2/c1-2-28-20-11-7-6-10-18(20)22-21(27)25-13-12-17(14-25)26-15-19(23-24-26)16-8-4-3-5-9-16/h3-11,15,17H,2,12-14H2,1H3,(H,22,27). The van der Waals surface area contributed by atoms with Gasteiger partial charge in [-0.15, -0.1) is 5.10 Å². The van der Waals surface area contributed by atoms with E-state index in [0.29, 0.717) is 31.1 Å². The second kappa shape index (κ2) is 8.12. The van der Waals surface area contributed by atoms with Crippen LogP contribution in [0.4, 0.5) is 10.5 Å². The third-order valence-electron chi connectivity index (χ3n) is 4.83. The van der Waals surface area contributed by atoms with Crippen LogP contribution in [0.15, 0.2) is 60.8 Å². The molecule has 28 heavy (non-hydrogen) atoms. The normalized spacial score (nSPS) is 16.2. The molecular formula is C21H23N5O2.